The molecule has 2 rings (SSSR count). The van der Waals surface area contributed by atoms with Crippen molar-refractivity contribution in [3.05, 3.63) is 29.8 Å². The topological polar surface area (TPSA) is 95.6 Å². The molecule has 7 nitrogen and oxygen atoms in total. The van der Waals surface area contributed by atoms with Gasteiger partial charge in [0.25, 0.3) is 5.91 Å². The number of carbonyl (C=O) groups excluding carboxylic acids is 2. The Bertz CT molecular complexity index is 700. The van der Waals surface area contributed by atoms with Crippen molar-refractivity contribution in [2.45, 2.75) is 12.5 Å². The molecule has 1 unspecified atom stereocenters. The number of anilines is 1. The summed E-state index contributed by atoms with van der Waals surface area (Å²) < 4.78 is 22.7. The molecular weight excluding hydrogens is 318 g/mol. The monoisotopic (exact) mass is 339 g/mol. The van der Waals surface area contributed by atoms with Crippen LogP contribution in [-0.2, 0) is 14.6 Å². The first-order valence-electron chi connectivity index (χ1n) is 7.32. The van der Waals surface area contributed by atoms with Crippen molar-refractivity contribution in [1.82, 2.24) is 10.6 Å². The van der Waals surface area contributed by atoms with Gasteiger partial charge in [-0.15, -0.1) is 0 Å². The smallest absolute Gasteiger partial charge is 0.251 e. The predicted molar refractivity (Wildman–Crippen MR) is 88.3 cm³/mol. The van der Waals surface area contributed by atoms with Crippen LogP contribution < -0.4 is 15.5 Å². The standard InChI is InChI=1S/C15H21N3O4S/c1-18(2)13-5-3-4-11(8-13)15(20)16-9-14(19)17-12-6-7-23(21,22)10-12/h3-5,8,12H,6-7,9-10H2,1-2H3,(H,16,20)(H,17,19). The van der Waals surface area contributed by atoms with Crippen LogP contribution >= 0.6 is 0 Å². The van der Waals surface area contributed by atoms with Crippen molar-refractivity contribution < 1.29 is 18.0 Å². The second-order valence-corrected chi connectivity index (χ2v) is 8.02. The van der Waals surface area contributed by atoms with E-state index in [4.69, 9.17) is 0 Å². The molecule has 126 valence electrons. The van der Waals surface area contributed by atoms with Gasteiger partial charge in [-0.3, -0.25) is 9.59 Å². The number of benzene rings is 1. The molecule has 1 saturated heterocycles. The predicted octanol–water partition coefficient (Wildman–Crippen LogP) is -0.214. The zero-order valence-electron chi connectivity index (χ0n) is 13.2. The van der Waals surface area contributed by atoms with Crippen molar-refractivity contribution in [3.8, 4) is 0 Å². The number of sulfone groups is 1. The fourth-order valence-electron chi connectivity index (χ4n) is 2.38. The molecule has 0 aromatic heterocycles. The zero-order chi connectivity index (χ0) is 17.0. The molecule has 23 heavy (non-hydrogen) atoms. The fourth-order valence-corrected chi connectivity index (χ4v) is 4.05. The average Bonchev–Trinajstić information content (AvgIpc) is 2.83. The summed E-state index contributed by atoms with van der Waals surface area (Å²) in [4.78, 5) is 25.7. The van der Waals surface area contributed by atoms with E-state index in [1.807, 2.05) is 25.1 Å². The Morgan fingerprint density at radius 3 is 2.65 bits per heavy atom. The van der Waals surface area contributed by atoms with Gasteiger partial charge in [0.1, 0.15) is 0 Å². The van der Waals surface area contributed by atoms with Crippen LogP contribution in [0.15, 0.2) is 24.3 Å². The maximum absolute atomic E-state index is 12.1. The molecule has 2 N–H and O–H groups in total. The number of amides is 2. The molecule has 0 bridgehead atoms. The Kier molecular flexibility index (Phi) is 5.25. The van der Waals surface area contributed by atoms with Gasteiger partial charge in [-0.1, -0.05) is 6.07 Å². The summed E-state index contributed by atoms with van der Waals surface area (Å²) in [5.74, 6) is -0.661. The Hall–Kier alpha value is -2.09. The maximum Gasteiger partial charge on any atom is 0.251 e. The van der Waals surface area contributed by atoms with Gasteiger partial charge < -0.3 is 15.5 Å². The second-order valence-electron chi connectivity index (χ2n) is 5.79. The molecule has 2 amide bonds. The van der Waals surface area contributed by atoms with E-state index in [0.29, 0.717) is 12.0 Å². The molecule has 1 fully saturated rings. The van der Waals surface area contributed by atoms with Crippen LogP contribution in [0, 0.1) is 0 Å². The number of nitrogens with one attached hydrogen (secondary N) is 2. The molecule has 0 spiro atoms. The van der Waals surface area contributed by atoms with Gasteiger partial charge in [-0.25, -0.2) is 8.42 Å². The third-order valence-electron chi connectivity index (χ3n) is 3.63. The summed E-state index contributed by atoms with van der Waals surface area (Å²) in [6.45, 7) is -0.179. The summed E-state index contributed by atoms with van der Waals surface area (Å²) in [5, 5.41) is 5.17. The van der Waals surface area contributed by atoms with Crippen LogP contribution in [0.25, 0.3) is 0 Å². The minimum absolute atomic E-state index is 0.0302. The molecule has 0 saturated carbocycles. The number of hydrogen-bond acceptors (Lipinski definition) is 5. The summed E-state index contributed by atoms with van der Waals surface area (Å²) in [5.41, 5.74) is 1.35. The second kappa shape index (κ2) is 6.99. The molecule has 0 aliphatic carbocycles. The van der Waals surface area contributed by atoms with Crippen molar-refractivity contribution in [2.75, 3.05) is 37.0 Å². The highest BCUT2D eigenvalue weighted by atomic mass is 32.2. The molecule has 1 atom stereocenters. The molecule has 1 aromatic rings. The minimum atomic E-state index is -3.04. The Morgan fingerprint density at radius 2 is 2.04 bits per heavy atom. The summed E-state index contributed by atoms with van der Waals surface area (Å²) in [6.07, 6.45) is 0.424. The largest absolute Gasteiger partial charge is 0.378 e. The Morgan fingerprint density at radius 1 is 1.30 bits per heavy atom. The fraction of sp³-hybridized carbons (Fsp3) is 0.467. The molecule has 1 aromatic carbocycles. The van der Waals surface area contributed by atoms with Crippen molar-refractivity contribution in [2.24, 2.45) is 0 Å². The van der Waals surface area contributed by atoms with Crippen molar-refractivity contribution >= 4 is 27.3 Å². The lowest BCUT2D eigenvalue weighted by Crippen LogP contribution is -2.42. The first-order valence-corrected chi connectivity index (χ1v) is 9.14. The first kappa shape index (κ1) is 17.3. The van der Waals surface area contributed by atoms with Gasteiger partial charge in [0, 0.05) is 31.4 Å². The van der Waals surface area contributed by atoms with E-state index >= 15 is 0 Å². The zero-order valence-corrected chi connectivity index (χ0v) is 14.0. The average molecular weight is 339 g/mol. The quantitative estimate of drug-likeness (QED) is 0.774. The van der Waals surface area contributed by atoms with E-state index in [2.05, 4.69) is 10.6 Å². The third-order valence-corrected chi connectivity index (χ3v) is 5.40. The lowest BCUT2D eigenvalue weighted by Gasteiger charge is -2.14. The maximum atomic E-state index is 12.1. The van der Waals surface area contributed by atoms with E-state index in [1.54, 1.807) is 18.2 Å². The van der Waals surface area contributed by atoms with E-state index in [1.165, 1.54) is 0 Å². The van der Waals surface area contributed by atoms with E-state index in [9.17, 15) is 18.0 Å². The SMILES string of the molecule is CN(C)c1cccc(C(=O)NCC(=O)NC2CCS(=O)(=O)C2)c1. The number of nitrogens with zero attached hydrogens (tertiary/aromatic N) is 1. The molecule has 0 radical (unpaired) electrons. The van der Waals surface area contributed by atoms with Gasteiger partial charge in [0.05, 0.1) is 18.1 Å². The molecule has 1 aliphatic heterocycles. The first-order chi connectivity index (χ1) is 10.8. The Balaban J connectivity index is 1.84. The van der Waals surface area contributed by atoms with Gasteiger partial charge in [-0.2, -0.15) is 0 Å². The van der Waals surface area contributed by atoms with Crippen LogP contribution in [0.4, 0.5) is 5.69 Å². The van der Waals surface area contributed by atoms with Crippen LogP contribution in [0.3, 0.4) is 0 Å². The highest BCUT2D eigenvalue weighted by molar-refractivity contribution is 7.91. The number of hydrogen-bond donors (Lipinski definition) is 2. The minimum Gasteiger partial charge on any atom is -0.378 e. The van der Waals surface area contributed by atoms with Gasteiger partial charge in [0.2, 0.25) is 5.91 Å². The number of carbonyl (C=O) groups is 2. The molecular formula is C15H21N3O4S. The van der Waals surface area contributed by atoms with Crippen LogP contribution in [0.2, 0.25) is 0 Å². The molecule has 1 heterocycles. The molecule has 8 heteroatoms. The van der Waals surface area contributed by atoms with Gasteiger partial charge >= 0.3 is 0 Å². The van der Waals surface area contributed by atoms with Gasteiger partial charge in [-0.05, 0) is 24.6 Å². The molecule has 1 aliphatic rings. The van der Waals surface area contributed by atoms with E-state index in [0.717, 1.165) is 5.69 Å². The van der Waals surface area contributed by atoms with Crippen LogP contribution in [-0.4, -0.2) is 58.4 Å². The van der Waals surface area contributed by atoms with Gasteiger partial charge in [0.15, 0.2) is 9.84 Å². The van der Waals surface area contributed by atoms with E-state index in [-0.39, 0.29) is 35.9 Å². The lowest BCUT2D eigenvalue weighted by molar-refractivity contribution is -0.120. The lowest BCUT2D eigenvalue weighted by atomic mass is 10.2. The van der Waals surface area contributed by atoms with Crippen LogP contribution in [0.5, 0.6) is 0 Å². The Labute approximate surface area is 136 Å². The summed E-state index contributed by atoms with van der Waals surface area (Å²) in [7, 11) is 0.715. The third kappa shape index (κ3) is 4.95. The van der Waals surface area contributed by atoms with Crippen LogP contribution in [0.1, 0.15) is 16.8 Å². The number of rotatable bonds is 5. The normalized spacial score (nSPS) is 19.1. The highest BCUT2D eigenvalue weighted by Crippen LogP contribution is 2.13. The highest BCUT2D eigenvalue weighted by Gasteiger charge is 2.28. The van der Waals surface area contributed by atoms with Crippen molar-refractivity contribution in [3.63, 3.8) is 0 Å². The summed E-state index contributed by atoms with van der Waals surface area (Å²) in [6, 6.07) is 6.69. The van der Waals surface area contributed by atoms with E-state index < -0.39 is 9.84 Å². The van der Waals surface area contributed by atoms with Crippen molar-refractivity contribution in [1.29, 1.82) is 0 Å². The summed E-state index contributed by atoms with van der Waals surface area (Å²) >= 11 is 0.